The third kappa shape index (κ3) is 5.65. The number of rotatable bonds is 6. The van der Waals surface area contributed by atoms with Gasteiger partial charge in [-0.2, -0.15) is 0 Å². The van der Waals surface area contributed by atoms with Crippen LogP contribution in [-0.4, -0.2) is 79.9 Å². The molecule has 0 aliphatic carbocycles. The second-order valence-corrected chi connectivity index (χ2v) is 6.50. The summed E-state index contributed by atoms with van der Waals surface area (Å²) in [5.41, 5.74) is 0. The molecule has 0 aromatic carbocycles. The van der Waals surface area contributed by atoms with Gasteiger partial charge >= 0.3 is 0 Å². The molecule has 7 nitrogen and oxygen atoms in total. The van der Waals surface area contributed by atoms with E-state index in [9.17, 15) is 9.59 Å². The summed E-state index contributed by atoms with van der Waals surface area (Å²) in [6.07, 6.45) is 2.57. The maximum absolute atomic E-state index is 12.2. The van der Waals surface area contributed by atoms with Gasteiger partial charge in [-0.1, -0.05) is 0 Å². The smallest absolute Gasteiger partial charge is 0.236 e. The fourth-order valence-electron chi connectivity index (χ4n) is 2.77. The first-order valence-corrected chi connectivity index (χ1v) is 8.43. The second kappa shape index (κ2) is 8.84. The first-order chi connectivity index (χ1) is 11.5. The van der Waals surface area contributed by atoms with Crippen LogP contribution in [0, 0.1) is 0 Å². The van der Waals surface area contributed by atoms with E-state index in [1.54, 1.807) is 25.3 Å². The first kappa shape index (κ1) is 18.5. The van der Waals surface area contributed by atoms with E-state index in [1.165, 1.54) is 0 Å². The molecule has 1 fully saturated rings. The van der Waals surface area contributed by atoms with E-state index in [1.807, 2.05) is 19.1 Å². The van der Waals surface area contributed by atoms with Gasteiger partial charge in [-0.15, -0.1) is 0 Å². The molecule has 2 amide bonds. The number of furan rings is 1. The average Bonchev–Trinajstić information content (AvgIpc) is 2.98. The number of hydrogen-bond acceptors (Lipinski definition) is 5. The highest BCUT2D eigenvalue weighted by Crippen LogP contribution is 2.12. The van der Waals surface area contributed by atoms with Crippen molar-refractivity contribution in [1.82, 2.24) is 20.0 Å². The Balaban J connectivity index is 1.75. The minimum Gasteiger partial charge on any atom is -0.467 e. The van der Waals surface area contributed by atoms with Crippen LogP contribution in [0.1, 0.15) is 25.1 Å². The molecule has 7 heteroatoms. The Kier molecular flexibility index (Phi) is 6.81. The number of hydrogen-bond donors (Lipinski definition) is 1. The van der Waals surface area contributed by atoms with Gasteiger partial charge in [0.05, 0.1) is 25.4 Å². The SMILES string of the molecule is C[C@H](NC(=O)CN1CCCN(CC(=O)N(C)C)CC1)c1ccco1. The molecule has 0 unspecified atom stereocenters. The van der Waals surface area contributed by atoms with E-state index in [4.69, 9.17) is 4.42 Å². The molecule has 0 saturated carbocycles. The molecular weight excluding hydrogens is 308 g/mol. The van der Waals surface area contributed by atoms with Gasteiger partial charge in [0.1, 0.15) is 5.76 Å². The monoisotopic (exact) mass is 336 g/mol. The lowest BCUT2D eigenvalue weighted by Gasteiger charge is -2.22. The Morgan fingerprint density at radius 3 is 2.46 bits per heavy atom. The van der Waals surface area contributed by atoms with Crippen LogP contribution in [0.4, 0.5) is 0 Å². The lowest BCUT2D eigenvalue weighted by molar-refractivity contribution is -0.130. The summed E-state index contributed by atoms with van der Waals surface area (Å²) >= 11 is 0. The van der Waals surface area contributed by atoms with E-state index < -0.39 is 0 Å². The summed E-state index contributed by atoms with van der Waals surface area (Å²) in [4.78, 5) is 29.9. The molecule has 1 aliphatic heterocycles. The van der Waals surface area contributed by atoms with Crippen molar-refractivity contribution in [2.24, 2.45) is 0 Å². The predicted molar refractivity (Wildman–Crippen MR) is 91.5 cm³/mol. The zero-order chi connectivity index (χ0) is 17.5. The zero-order valence-corrected chi connectivity index (χ0v) is 14.8. The molecule has 24 heavy (non-hydrogen) atoms. The Morgan fingerprint density at radius 1 is 1.21 bits per heavy atom. The maximum atomic E-state index is 12.2. The van der Waals surface area contributed by atoms with E-state index in [0.717, 1.165) is 38.4 Å². The molecule has 1 aliphatic rings. The summed E-state index contributed by atoms with van der Waals surface area (Å²) in [6, 6.07) is 3.54. The molecule has 1 aromatic rings. The summed E-state index contributed by atoms with van der Waals surface area (Å²) in [7, 11) is 3.55. The molecule has 134 valence electrons. The number of nitrogens with zero attached hydrogens (tertiary/aromatic N) is 3. The third-order valence-electron chi connectivity index (χ3n) is 4.25. The van der Waals surface area contributed by atoms with Gasteiger partial charge < -0.3 is 14.6 Å². The molecule has 0 bridgehead atoms. The van der Waals surface area contributed by atoms with Gasteiger partial charge in [0.15, 0.2) is 0 Å². The van der Waals surface area contributed by atoms with Crippen LogP contribution in [0.3, 0.4) is 0 Å². The quantitative estimate of drug-likeness (QED) is 0.822. The number of likely N-dealkylation sites (N-methyl/N-ethyl adjacent to an activating group) is 1. The Bertz CT molecular complexity index is 530. The second-order valence-electron chi connectivity index (χ2n) is 6.50. The molecule has 2 rings (SSSR count). The highest BCUT2D eigenvalue weighted by atomic mass is 16.3. The molecule has 0 spiro atoms. The van der Waals surface area contributed by atoms with Gasteiger partial charge in [-0.25, -0.2) is 0 Å². The number of carbonyl (C=O) groups excluding carboxylic acids is 2. The minimum atomic E-state index is -0.131. The van der Waals surface area contributed by atoms with Gasteiger partial charge in [-0.3, -0.25) is 19.4 Å². The van der Waals surface area contributed by atoms with Crippen molar-refractivity contribution in [3.63, 3.8) is 0 Å². The summed E-state index contributed by atoms with van der Waals surface area (Å²) in [6.45, 7) is 6.09. The highest BCUT2D eigenvalue weighted by molar-refractivity contribution is 5.78. The van der Waals surface area contributed by atoms with Crippen molar-refractivity contribution in [3.8, 4) is 0 Å². The number of carbonyl (C=O) groups is 2. The fraction of sp³-hybridized carbons (Fsp3) is 0.647. The van der Waals surface area contributed by atoms with Crippen LogP contribution in [0.5, 0.6) is 0 Å². The van der Waals surface area contributed by atoms with Crippen LogP contribution in [0.25, 0.3) is 0 Å². The van der Waals surface area contributed by atoms with Crippen LogP contribution in [0.2, 0.25) is 0 Å². The van der Waals surface area contributed by atoms with Crippen molar-refractivity contribution >= 4 is 11.8 Å². The average molecular weight is 336 g/mol. The molecule has 1 aromatic heterocycles. The van der Waals surface area contributed by atoms with Gasteiger partial charge in [0.25, 0.3) is 0 Å². The molecule has 2 heterocycles. The van der Waals surface area contributed by atoms with Crippen molar-refractivity contribution in [2.45, 2.75) is 19.4 Å². The zero-order valence-electron chi connectivity index (χ0n) is 14.8. The standard InChI is InChI=1S/C17H28N4O3/c1-14(15-6-4-11-24-15)18-16(22)12-20-7-5-8-21(10-9-20)13-17(23)19(2)3/h4,6,11,14H,5,7-10,12-13H2,1-3H3,(H,18,22)/t14-/m0/s1. The predicted octanol–water partition coefficient (Wildman–Crippen LogP) is 0.553. The van der Waals surface area contributed by atoms with E-state index in [2.05, 4.69) is 15.1 Å². The topological polar surface area (TPSA) is 69.0 Å². The van der Waals surface area contributed by atoms with Crippen molar-refractivity contribution in [3.05, 3.63) is 24.2 Å². The minimum absolute atomic E-state index is 0.00304. The molecule has 1 N–H and O–H groups in total. The van der Waals surface area contributed by atoms with Crippen molar-refractivity contribution < 1.29 is 14.0 Å². The van der Waals surface area contributed by atoms with E-state index in [0.29, 0.717) is 13.1 Å². The lowest BCUT2D eigenvalue weighted by Crippen LogP contribution is -2.41. The van der Waals surface area contributed by atoms with Crippen LogP contribution in [-0.2, 0) is 9.59 Å². The summed E-state index contributed by atoms with van der Waals surface area (Å²) < 4.78 is 5.31. The number of amides is 2. The highest BCUT2D eigenvalue weighted by Gasteiger charge is 2.20. The van der Waals surface area contributed by atoms with Crippen molar-refractivity contribution in [1.29, 1.82) is 0 Å². The summed E-state index contributed by atoms with van der Waals surface area (Å²) in [5, 5.41) is 2.96. The van der Waals surface area contributed by atoms with Crippen LogP contribution in [0.15, 0.2) is 22.8 Å². The van der Waals surface area contributed by atoms with E-state index in [-0.39, 0.29) is 17.9 Å². The summed E-state index contributed by atoms with van der Waals surface area (Å²) in [5.74, 6) is 0.873. The molecule has 1 atom stereocenters. The van der Waals surface area contributed by atoms with Gasteiger partial charge in [0.2, 0.25) is 11.8 Å². The number of nitrogens with one attached hydrogen (secondary N) is 1. The largest absolute Gasteiger partial charge is 0.467 e. The van der Waals surface area contributed by atoms with E-state index >= 15 is 0 Å². The van der Waals surface area contributed by atoms with Gasteiger partial charge in [0, 0.05) is 27.2 Å². The van der Waals surface area contributed by atoms with Gasteiger partial charge in [-0.05, 0) is 38.6 Å². The molecule has 0 radical (unpaired) electrons. The first-order valence-electron chi connectivity index (χ1n) is 8.43. The third-order valence-corrected chi connectivity index (χ3v) is 4.25. The lowest BCUT2D eigenvalue weighted by atomic mass is 10.2. The fourth-order valence-corrected chi connectivity index (χ4v) is 2.77. The Labute approximate surface area is 143 Å². The Hall–Kier alpha value is -1.86. The molecular formula is C17H28N4O3. The maximum Gasteiger partial charge on any atom is 0.236 e. The normalized spacial score (nSPS) is 18.0. The molecule has 1 saturated heterocycles. The Morgan fingerprint density at radius 2 is 1.88 bits per heavy atom. The van der Waals surface area contributed by atoms with Crippen LogP contribution < -0.4 is 5.32 Å². The van der Waals surface area contributed by atoms with Crippen LogP contribution >= 0.6 is 0 Å². The van der Waals surface area contributed by atoms with Crippen molar-refractivity contribution in [2.75, 3.05) is 53.4 Å².